The lowest BCUT2D eigenvalue weighted by molar-refractivity contribution is 0.261. The number of nitrogens with zero attached hydrogens (tertiary/aromatic N) is 4. The van der Waals surface area contributed by atoms with Crippen molar-refractivity contribution < 1.29 is 0 Å². The predicted molar refractivity (Wildman–Crippen MR) is 96.1 cm³/mol. The molecule has 124 valence electrons. The van der Waals surface area contributed by atoms with Gasteiger partial charge in [0, 0.05) is 18.5 Å². The Morgan fingerprint density at radius 2 is 2.04 bits per heavy atom. The van der Waals surface area contributed by atoms with Crippen molar-refractivity contribution in [1.29, 1.82) is 5.26 Å². The summed E-state index contributed by atoms with van der Waals surface area (Å²) in [6.07, 6.45) is 1.78. The highest BCUT2D eigenvalue weighted by molar-refractivity contribution is 5.83. The molecule has 0 radical (unpaired) electrons. The van der Waals surface area contributed by atoms with Crippen molar-refractivity contribution in [3.05, 3.63) is 58.3 Å². The SMILES string of the molecule is CC1(C)CCn2c(nc3cc(-c4cccc(C#N)n4)ccc3c2=O)C1. The lowest BCUT2D eigenvalue weighted by Crippen LogP contribution is -2.35. The fourth-order valence-electron chi connectivity index (χ4n) is 3.38. The summed E-state index contributed by atoms with van der Waals surface area (Å²) >= 11 is 0. The van der Waals surface area contributed by atoms with Crippen molar-refractivity contribution in [3.8, 4) is 17.3 Å². The number of hydrogen-bond acceptors (Lipinski definition) is 4. The largest absolute Gasteiger partial charge is 0.296 e. The van der Waals surface area contributed by atoms with Crippen molar-refractivity contribution in [2.24, 2.45) is 5.41 Å². The number of benzene rings is 1. The van der Waals surface area contributed by atoms with E-state index < -0.39 is 0 Å². The minimum atomic E-state index is 0.0285. The fraction of sp³-hybridized carbons (Fsp3) is 0.300. The van der Waals surface area contributed by atoms with Crippen LogP contribution in [0.1, 0.15) is 31.8 Å². The van der Waals surface area contributed by atoms with Gasteiger partial charge in [0.05, 0.1) is 16.6 Å². The lowest BCUT2D eigenvalue weighted by atomic mass is 9.83. The second-order valence-corrected chi connectivity index (χ2v) is 7.33. The standard InChI is InChI=1S/C20H18N4O/c1-20(2)8-9-24-18(11-20)23-17-10-13(6-7-15(17)19(24)25)16-5-3-4-14(12-21)22-16/h3-7,10H,8-9,11H2,1-2H3. The number of pyridine rings is 1. The van der Waals surface area contributed by atoms with Gasteiger partial charge < -0.3 is 0 Å². The average Bonchev–Trinajstić information content (AvgIpc) is 2.60. The van der Waals surface area contributed by atoms with Crippen LogP contribution in [-0.4, -0.2) is 14.5 Å². The van der Waals surface area contributed by atoms with Crippen LogP contribution in [0.25, 0.3) is 22.2 Å². The van der Waals surface area contributed by atoms with Crippen LogP contribution in [0, 0.1) is 16.7 Å². The molecular formula is C20H18N4O. The first kappa shape index (κ1) is 15.5. The first-order chi connectivity index (χ1) is 12.0. The molecule has 0 amide bonds. The van der Waals surface area contributed by atoms with Crippen LogP contribution in [0.5, 0.6) is 0 Å². The van der Waals surface area contributed by atoms with Crippen LogP contribution in [0.4, 0.5) is 0 Å². The second-order valence-electron chi connectivity index (χ2n) is 7.33. The third-order valence-corrected chi connectivity index (χ3v) is 4.84. The summed E-state index contributed by atoms with van der Waals surface area (Å²) in [5.74, 6) is 0.852. The van der Waals surface area contributed by atoms with E-state index in [0.29, 0.717) is 22.3 Å². The summed E-state index contributed by atoms with van der Waals surface area (Å²) in [7, 11) is 0. The summed E-state index contributed by atoms with van der Waals surface area (Å²) in [6.45, 7) is 5.14. The molecule has 1 aliphatic heterocycles. The molecule has 1 aliphatic rings. The van der Waals surface area contributed by atoms with Crippen LogP contribution >= 0.6 is 0 Å². The van der Waals surface area contributed by atoms with Gasteiger partial charge in [-0.25, -0.2) is 9.97 Å². The molecule has 3 aromatic rings. The molecule has 0 atom stereocenters. The molecule has 5 heteroatoms. The van der Waals surface area contributed by atoms with Gasteiger partial charge in [-0.2, -0.15) is 5.26 Å². The van der Waals surface area contributed by atoms with Crippen LogP contribution in [0.2, 0.25) is 0 Å². The quantitative estimate of drug-likeness (QED) is 0.686. The Morgan fingerprint density at radius 3 is 2.84 bits per heavy atom. The van der Waals surface area contributed by atoms with Crippen molar-refractivity contribution in [1.82, 2.24) is 14.5 Å². The van der Waals surface area contributed by atoms with Crippen molar-refractivity contribution in [3.63, 3.8) is 0 Å². The van der Waals surface area contributed by atoms with E-state index in [0.717, 1.165) is 30.8 Å². The highest BCUT2D eigenvalue weighted by Crippen LogP contribution is 2.30. The second kappa shape index (κ2) is 5.52. The summed E-state index contributed by atoms with van der Waals surface area (Å²) in [6, 6.07) is 13.0. The number of rotatable bonds is 1. The van der Waals surface area contributed by atoms with Gasteiger partial charge >= 0.3 is 0 Å². The average molecular weight is 330 g/mol. The normalized spacial score (nSPS) is 15.6. The number of nitriles is 1. The van der Waals surface area contributed by atoms with E-state index in [9.17, 15) is 4.79 Å². The molecule has 3 heterocycles. The van der Waals surface area contributed by atoms with Gasteiger partial charge in [0.1, 0.15) is 17.6 Å². The summed E-state index contributed by atoms with van der Waals surface area (Å²) in [5, 5.41) is 9.66. The van der Waals surface area contributed by atoms with Gasteiger partial charge in [0.25, 0.3) is 5.56 Å². The Balaban J connectivity index is 1.89. The molecule has 0 saturated carbocycles. The molecule has 0 bridgehead atoms. The van der Waals surface area contributed by atoms with Gasteiger partial charge in [-0.1, -0.05) is 26.0 Å². The van der Waals surface area contributed by atoms with Crippen molar-refractivity contribution in [2.75, 3.05) is 0 Å². The van der Waals surface area contributed by atoms with E-state index in [1.54, 1.807) is 6.07 Å². The molecule has 0 saturated heterocycles. The predicted octanol–water partition coefficient (Wildman–Crippen LogP) is 3.30. The zero-order chi connectivity index (χ0) is 17.6. The first-order valence-electron chi connectivity index (χ1n) is 8.38. The Bertz CT molecular complexity index is 1090. The maximum Gasteiger partial charge on any atom is 0.261 e. The van der Waals surface area contributed by atoms with Crippen molar-refractivity contribution in [2.45, 2.75) is 33.2 Å². The highest BCUT2D eigenvalue weighted by Gasteiger charge is 2.27. The minimum Gasteiger partial charge on any atom is -0.296 e. The van der Waals surface area contributed by atoms with Gasteiger partial charge in [-0.15, -0.1) is 0 Å². The first-order valence-corrected chi connectivity index (χ1v) is 8.38. The smallest absolute Gasteiger partial charge is 0.261 e. The molecule has 5 nitrogen and oxygen atoms in total. The fourth-order valence-corrected chi connectivity index (χ4v) is 3.38. The zero-order valence-corrected chi connectivity index (χ0v) is 14.3. The Hall–Kier alpha value is -3.00. The molecule has 1 aromatic carbocycles. The van der Waals surface area contributed by atoms with E-state index >= 15 is 0 Å². The molecule has 4 rings (SSSR count). The Kier molecular flexibility index (Phi) is 3.43. The highest BCUT2D eigenvalue weighted by atomic mass is 16.1. The Labute approximate surface area is 145 Å². The molecule has 0 spiro atoms. The van der Waals surface area contributed by atoms with E-state index in [2.05, 4.69) is 24.9 Å². The van der Waals surface area contributed by atoms with Gasteiger partial charge in [0.2, 0.25) is 0 Å². The van der Waals surface area contributed by atoms with Gasteiger partial charge in [-0.3, -0.25) is 9.36 Å². The summed E-state index contributed by atoms with van der Waals surface area (Å²) in [5.41, 5.74) is 2.82. The van der Waals surface area contributed by atoms with E-state index in [1.165, 1.54) is 0 Å². The number of aromatic nitrogens is 3. The lowest BCUT2D eigenvalue weighted by Gasteiger charge is -2.31. The third-order valence-electron chi connectivity index (χ3n) is 4.84. The molecule has 2 aromatic heterocycles. The maximum absolute atomic E-state index is 12.8. The summed E-state index contributed by atoms with van der Waals surface area (Å²) < 4.78 is 1.81. The molecule has 25 heavy (non-hydrogen) atoms. The molecular weight excluding hydrogens is 312 g/mol. The maximum atomic E-state index is 12.8. The van der Waals surface area contributed by atoms with Gasteiger partial charge in [0.15, 0.2) is 0 Å². The molecule has 0 N–H and O–H groups in total. The molecule has 0 unspecified atom stereocenters. The van der Waals surface area contributed by atoms with Crippen LogP contribution in [0.3, 0.4) is 0 Å². The zero-order valence-electron chi connectivity index (χ0n) is 14.3. The monoisotopic (exact) mass is 330 g/mol. The van der Waals surface area contributed by atoms with Gasteiger partial charge in [-0.05, 0) is 36.1 Å². The van der Waals surface area contributed by atoms with Crippen LogP contribution in [-0.2, 0) is 13.0 Å². The minimum absolute atomic E-state index is 0.0285. The van der Waals surface area contributed by atoms with E-state index in [1.807, 2.05) is 34.9 Å². The number of fused-ring (bicyclic) bond motifs is 2. The summed E-state index contributed by atoms with van der Waals surface area (Å²) in [4.78, 5) is 21.9. The topological polar surface area (TPSA) is 71.6 Å². The molecule has 0 fully saturated rings. The van der Waals surface area contributed by atoms with E-state index in [4.69, 9.17) is 10.2 Å². The Morgan fingerprint density at radius 1 is 1.20 bits per heavy atom. The van der Waals surface area contributed by atoms with Crippen LogP contribution in [0.15, 0.2) is 41.2 Å². The number of hydrogen-bond donors (Lipinski definition) is 0. The van der Waals surface area contributed by atoms with Crippen LogP contribution < -0.4 is 5.56 Å². The molecule has 0 aliphatic carbocycles. The van der Waals surface area contributed by atoms with Crippen molar-refractivity contribution >= 4 is 10.9 Å². The van der Waals surface area contributed by atoms with E-state index in [-0.39, 0.29) is 11.0 Å². The third kappa shape index (κ3) is 2.70.